The molecule has 3 heteroatoms. The van der Waals surface area contributed by atoms with Crippen LogP contribution in [0.4, 0.5) is 0 Å². The lowest BCUT2D eigenvalue weighted by Crippen LogP contribution is -2.30. The standard InChI is InChI=1S/C14H25NOS/c1-3-15(4-2)8-7-14(16)11-9-12-5-6-13(10-11)17-12/h11-13H,3-10H2,1-2H3. The highest BCUT2D eigenvalue weighted by Crippen LogP contribution is 2.46. The molecule has 2 rings (SSSR count). The van der Waals surface area contributed by atoms with Crippen LogP contribution in [0, 0.1) is 5.92 Å². The molecule has 0 radical (unpaired) electrons. The lowest BCUT2D eigenvalue weighted by molar-refractivity contribution is -0.123. The van der Waals surface area contributed by atoms with Crippen LogP contribution in [0.3, 0.4) is 0 Å². The number of fused-ring (bicyclic) bond motifs is 2. The lowest BCUT2D eigenvalue weighted by Gasteiger charge is -2.27. The van der Waals surface area contributed by atoms with E-state index in [0.717, 1.165) is 49.4 Å². The molecule has 2 fully saturated rings. The lowest BCUT2D eigenvalue weighted by atomic mass is 9.92. The van der Waals surface area contributed by atoms with Gasteiger partial charge in [-0.2, -0.15) is 11.8 Å². The number of hydrogen-bond acceptors (Lipinski definition) is 3. The van der Waals surface area contributed by atoms with Crippen molar-refractivity contribution in [1.29, 1.82) is 0 Å². The first-order chi connectivity index (χ1) is 8.22. The van der Waals surface area contributed by atoms with Gasteiger partial charge in [-0.1, -0.05) is 13.8 Å². The van der Waals surface area contributed by atoms with E-state index in [1.807, 2.05) is 0 Å². The molecule has 2 nitrogen and oxygen atoms in total. The molecule has 0 aromatic rings. The van der Waals surface area contributed by atoms with Crippen molar-refractivity contribution >= 4 is 17.5 Å². The van der Waals surface area contributed by atoms with Gasteiger partial charge in [0.1, 0.15) is 5.78 Å². The van der Waals surface area contributed by atoms with Crippen LogP contribution >= 0.6 is 11.8 Å². The van der Waals surface area contributed by atoms with Crippen LogP contribution in [-0.4, -0.2) is 40.8 Å². The summed E-state index contributed by atoms with van der Waals surface area (Å²) in [4.78, 5) is 14.6. The number of rotatable bonds is 6. The number of nitrogens with zero attached hydrogens (tertiary/aromatic N) is 1. The molecular weight excluding hydrogens is 230 g/mol. The topological polar surface area (TPSA) is 20.3 Å². The van der Waals surface area contributed by atoms with Gasteiger partial charge in [-0.25, -0.2) is 0 Å². The van der Waals surface area contributed by atoms with E-state index < -0.39 is 0 Å². The number of ketones is 1. The molecule has 2 heterocycles. The molecule has 0 aromatic carbocycles. The summed E-state index contributed by atoms with van der Waals surface area (Å²) in [6.07, 6.45) is 5.82. The number of carbonyl (C=O) groups excluding carboxylic acids is 1. The van der Waals surface area contributed by atoms with Gasteiger partial charge in [-0.05, 0) is 38.8 Å². The molecule has 98 valence electrons. The van der Waals surface area contributed by atoms with Gasteiger partial charge in [0.15, 0.2) is 0 Å². The van der Waals surface area contributed by atoms with Gasteiger partial charge in [-0.15, -0.1) is 0 Å². The highest BCUT2D eigenvalue weighted by molar-refractivity contribution is 8.00. The van der Waals surface area contributed by atoms with E-state index in [1.165, 1.54) is 12.8 Å². The van der Waals surface area contributed by atoms with Crippen molar-refractivity contribution < 1.29 is 4.79 Å². The fourth-order valence-electron chi connectivity index (χ4n) is 3.13. The van der Waals surface area contributed by atoms with Crippen LogP contribution in [-0.2, 0) is 4.79 Å². The van der Waals surface area contributed by atoms with E-state index in [4.69, 9.17) is 0 Å². The average Bonchev–Trinajstić information content (AvgIpc) is 2.69. The third-order valence-corrected chi connectivity index (χ3v) is 5.94. The van der Waals surface area contributed by atoms with Gasteiger partial charge < -0.3 is 4.90 Å². The van der Waals surface area contributed by atoms with E-state index in [-0.39, 0.29) is 0 Å². The van der Waals surface area contributed by atoms with E-state index in [0.29, 0.717) is 11.7 Å². The summed E-state index contributed by atoms with van der Waals surface area (Å²) in [5.41, 5.74) is 0. The van der Waals surface area contributed by atoms with Crippen molar-refractivity contribution in [1.82, 2.24) is 4.90 Å². The van der Waals surface area contributed by atoms with Gasteiger partial charge >= 0.3 is 0 Å². The second kappa shape index (κ2) is 6.24. The molecule has 2 bridgehead atoms. The van der Waals surface area contributed by atoms with E-state index >= 15 is 0 Å². The Hall–Kier alpha value is -0.0200. The average molecular weight is 255 g/mol. The molecular formula is C14H25NOS. The summed E-state index contributed by atoms with van der Waals surface area (Å²) in [5.74, 6) is 0.929. The van der Waals surface area contributed by atoms with E-state index in [9.17, 15) is 4.79 Å². The van der Waals surface area contributed by atoms with Crippen LogP contribution in [0.5, 0.6) is 0 Å². The molecule has 2 aliphatic heterocycles. The molecule has 0 saturated carbocycles. The summed E-state index contributed by atoms with van der Waals surface area (Å²) in [7, 11) is 0. The number of carbonyl (C=O) groups is 1. The van der Waals surface area contributed by atoms with Gasteiger partial charge in [-0.3, -0.25) is 4.79 Å². The molecule has 0 aliphatic carbocycles. The van der Waals surface area contributed by atoms with Crippen LogP contribution in [0.2, 0.25) is 0 Å². The zero-order valence-corrected chi connectivity index (χ0v) is 12.0. The number of hydrogen-bond donors (Lipinski definition) is 0. The van der Waals surface area contributed by atoms with Gasteiger partial charge in [0.25, 0.3) is 0 Å². The summed E-state index contributed by atoms with van der Waals surface area (Å²) in [5, 5.41) is 1.60. The minimum atomic E-state index is 0.393. The van der Waals surface area contributed by atoms with Crippen LogP contribution < -0.4 is 0 Å². The van der Waals surface area contributed by atoms with Crippen LogP contribution in [0.1, 0.15) is 46.0 Å². The highest BCUT2D eigenvalue weighted by Gasteiger charge is 2.37. The normalized spacial score (nSPS) is 32.1. The molecule has 2 atom stereocenters. The first-order valence-corrected chi connectivity index (χ1v) is 8.07. The Bertz CT molecular complexity index is 253. The molecule has 0 aromatic heterocycles. The maximum atomic E-state index is 12.2. The fraction of sp³-hybridized carbons (Fsp3) is 0.929. The Morgan fingerprint density at radius 1 is 1.18 bits per heavy atom. The van der Waals surface area contributed by atoms with E-state index in [1.54, 1.807) is 0 Å². The SMILES string of the molecule is CCN(CC)CCC(=O)C1CC2CCC(C1)S2. The summed E-state index contributed by atoms with van der Waals surface area (Å²) in [6.45, 7) is 7.44. The van der Waals surface area contributed by atoms with Crippen molar-refractivity contribution in [3.63, 3.8) is 0 Å². The first-order valence-electron chi connectivity index (χ1n) is 7.13. The fourth-order valence-corrected chi connectivity index (χ4v) is 4.91. The predicted octanol–water partition coefficient (Wildman–Crippen LogP) is 2.96. The zero-order chi connectivity index (χ0) is 12.3. The number of thioether (sulfide) groups is 1. The largest absolute Gasteiger partial charge is 0.303 e. The Kier molecular flexibility index (Phi) is 4.92. The van der Waals surface area contributed by atoms with Crippen molar-refractivity contribution in [2.45, 2.75) is 56.5 Å². The first kappa shape index (κ1) is 13.4. The second-order valence-corrected chi connectivity index (χ2v) is 6.97. The molecule has 2 unspecified atom stereocenters. The van der Waals surface area contributed by atoms with Crippen molar-refractivity contribution in [3.8, 4) is 0 Å². The Balaban J connectivity index is 1.76. The van der Waals surface area contributed by atoms with Gasteiger partial charge in [0.2, 0.25) is 0 Å². The van der Waals surface area contributed by atoms with Gasteiger partial charge in [0, 0.05) is 29.4 Å². The predicted molar refractivity (Wildman–Crippen MR) is 74.5 cm³/mol. The molecule has 0 amide bonds. The molecule has 17 heavy (non-hydrogen) atoms. The maximum Gasteiger partial charge on any atom is 0.137 e. The second-order valence-electron chi connectivity index (χ2n) is 5.37. The summed E-state index contributed by atoms with van der Waals surface area (Å²) in [6, 6.07) is 0. The van der Waals surface area contributed by atoms with Gasteiger partial charge in [0.05, 0.1) is 0 Å². The Labute approximate surface area is 110 Å². The van der Waals surface area contributed by atoms with Crippen LogP contribution in [0.15, 0.2) is 0 Å². The maximum absolute atomic E-state index is 12.2. The minimum absolute atomic E-state index is 0.393. The minimum Gasteiger partial charge on any atom is -0.303 e. The Morgan fingerprint density at radius 2 is 1.76 bits per heavy atom. The quantitative estimate of drug-likeness (QED) is 0.728. The highest BCUT2D eigenvalue weighted by atomic mass is 32.2. The van der Waals surface area contributed by atoms with Crippen LogP contribution in [0.25, 0.3) is 0 Å². The molecule has 0 spiro atoms. The Morgan fingerprint density at radius 3 is 2.29 bits per heavy atom. The summed E-state index contributed by atoms with van der Waals surface area (Å²) < 4.78 is 0. The molecule has 2 saturated heterocycles. The number of Topliss-reactive ketones (excluding diaryl/α,β-unsaturated/α-hetero) is 1. The third kappa shape index (κ3) is 3.47. The molecule has 0 N–H and O–H groups in total. The van der Waals surface area contributed by atoms with Crippen molar-refractivity contribution in [2.75, 3.05) is 19.6 Å². The summed E-state index contributed by atoms with van der Waals surface area (Å²) >= 11 is 2.14. The van der Waals surface area contributed by atoms with Crippen molar-refractivity contribution in [2.24, 2.45) is 5.92 Å². The monoisotopic (exact) mass is 255 g/mol. The molecule has 2 aliphatic rings. The smallest absolute Gasteiger partial charge is 0.137 e. The van der Waals surface area contributed by atoms with Crippen molar-refractivity contribution in [3.05, 3.63) is 0 Å². The third-order valence-electron chi connectivity index (χ3n) is 4.31. The van der Waals surface area contributed by atoms with E-state index in [2.05, 4.69) is 30.5 Å². The zero-order valence-electron chi connectivity index (χ0n) is 11.2.